The highest BCUT2D eigenvalue weighted by molar-refractivity contribution is 7.17. The number of nitrogens with one attached hydrogen (secondary N) is 2. The highest BCUT2D eigenvalue weighted by atomic mass is 32.1. The van der Waals surface area contributed by atoms with Crippen molar-refractivity contribution < 1.29 is 9.53 Å². The predicted molar refractivity (Wildman–Crippen MR) is 133 cm³/mol. The number of carbonyl (C=O) groups excluding carboxylic acids is 1. The number of hydrogen-bond donors (Lipinski definition) is 3. The van der Waals surface area contributed by atoms with Crippen molar-refractivity contribution in [1.82, 2.24) is 9.97 Å². The van der Waals surface area contributed by atoms with Crippen molar-refractivity contribution >= 4 is 44.8 Å². The maximum absolute atomic E-state index is 12.5. The molecule has 5 rings (SSSR count). The molecule has 3 aromatic carbocycles. The fraction of sp³-hybridized carbons (Fsp3) is 0. The molecule has 0 atom stereocenters. The average Bonchev–Trinajstić information content (AvgIpc) is 3.26. The van der Waals surface area contributed by atoms with Crippen LogP contribution in [0.3, 0.4) is 0 Å². The van der Waals surface area contributed by atoms with Crippen LogP contribution < -0.4 is 21.1 Å². The summed E-state index contributed by atoms with van der Waals surface area (Å²) in [6.45, 7) is 0. The molecule has 0 saturated carbocycles. The molecule has 0 aliphatic heterocycles. The summed E-state index contributed by atoms with van der Waals surface area (Å²) in [4.78, 5) is 21.7. The third kappa shape index (κ3) is 4.60. The number of nitrogen functional groups attached to an aromatic ring is 1. The molecule has 0 saturated heterocycles. The Labute approximate surface area is 193 Å². The van der Waals surface area contributed by atoms with Crippen molar-refractivity contribution in [3.05, 3.63) is 90.6 Å². The Morgan fingerprint density at radius 3 is 2.42 bits per heavy atom. The number of thiophene rings is 1. The summed E-state index contributed by atoms with van der Waals surface area (Å²) in [5.74, 6) is 1.82. The zero-order chi connectivity index (χ0) is 22.6. The van der Waals surface area contributed by atoms with Gasteiger partial charge in [-0.1, -0.05) is 36.4 Å². The molecule has 8 heteroatoms. The summed E-state index contributed by atoms with van der Waals surface area (Å²) in [6, 6.07) is 23.9. The molecule has 0 aliphatic rings. The Bertz CT molecular complexity index is 1420. The summed E-state index contributed by atoms with van der Waals surface area (Å²) in [5, 5.41) is 8.53. The van der Waals surface area contributed by atoms with E-state index in [1.807, 2.05) is 72.1 Å². The van der Waals surface area contributed by atoms with E-state index in [0.717, 1.165) is 27.1 Å². The van der Waals surface area contributed by atoms with E-state index >= 15 is 0 Å². The third-order valence-electron chi connectivity index (χ3n) is 4.92. The van der Waals surface area contributed by atoms with Crippen molar-refractivity contribution in [3.63, 3.8) is 0 Å². The van der Waals surface area contributed by atoms with Crippen LogP contribution >= 0.6 is 11.3 Å². The van der Waals surface area contributed by atoms with Crippen LogP contribution in [0.15, 0.2) is 90.6 Å². The summed E-state index contributed by atoms with van der Waals surface area (Å²) < 4.78 is 5.82. The lowest BCUT2D eigenvalue weighted by atomic mass is 10.1. The molecule has 2 amide bonds. The first-order valence-electron chi connectivity index (χ1n) is 10.1. The summed E-state index contributed by atoms with van der Waals surface area (Å²) in [5.41, 5.74) is 9.27. The quantitative estimate of drug-likeness (QED) is 0.287. The van der Waals surface area contributed by atoms with Crippen molar-refractivity contribution in [1.29, 1.82) is 0 Å². The van der Waals surface area contributed by atoms with E-state index in [9.17, 15) is 4.79 Å². The molecule has 0 bridgehead atoms. The van der Waals surface area contributed by atoms with Gasteiger partial charge in [0, 0.05) is 28.4 Å². The number of para-hydroxylation sites is 1. The lowest BCUT2D eigenvalue weighted by molar-refractivity contribution is 0.262. The Kier molecular flexibility index (Phi) is 5.57. The molecule has 0 spiro atoms. The lowest BCUT2D eigenvalue weighted by Gasteiger charge is -2.10. The van der Waals surface area contributed by atoms with Gasteiger partial charge in [-0.25, -0.2) is 14.8 Å². The number of benzene rings is 3. The van der Waals surface area contributed by atoms with Crippen molar-refractivity contribution in [2.45, 2.75) is 0 Å². The van der Waals surface area contributed by atoms with Crippen LogP contribution in [-0.2, 0) is 0 Å². The number of carbonyl (C=O) groups is 1. The van der Waals surface area contributed by atoms with E-state index in [1.165, 1.54) is 17.7 Å². The highest BCUT2D eigenvalue weighted by Crippen LogP contribution is 2.35. The minimum Gasteiger partial charge on any atom is -0.457 e. The number of nitrogens with two attached hydrogens (primary N) is 1. The zero-order valence-corrected chi connectivity index (χ0v) is 18.2. The van der Waals surface area contributed by atoms with Crippen LogP contribution in [0.4, 0.5) is 22.0 Å². The van der Waals surface area contributed by atoms with Crippen LogP contribution in [-0.4, -0.2) is 16.0 Å². The van der Waals surface area contributed by atoms with Crippen molar-refractivity contribution in [2.75, 3.05) is 16.4 Å². The molecule has 0 aliphatic carbocycles. The van der Waals surface area contributed by atoms with E-state index in [4.69, 9.17) is 10.5 Å². The maximum atomic E-state index is 12.5. The lowest BCUT2D eigenvalue weighted by Crippen LogP contribution is -2.19. The molecule has 5 aromatic rings. The number of rotatable bonds is 5. The van der Waals surface area contributed by atoms with Crippen LogP contribution in [0.1, 0.15) is 0 Å². The van der Waals surface area contributed by atoms with Gasteiger partial charge in [0.2, 0.25) is 0 Å². The smallest absolute Gasteiger partial charge is 0.323 e. The molecule has 2 heterocycles. The second-order valence-electron chi connectivity index (χ2n) is 7.19. The number of nitrogens with zero attached hydrogens (tertiary/aromatic N) is 2. The number of amides is 2. The molecule has 0 radical (unpaired) electrons. The summed E-state index contributed by atoms with van der Waals surface area (Å²) >= 11 is 1.52. The molecule has 0 unspecified atom stereocenters. The number of hydrogen-bond acceptors (Lipinski definition) is 6. The molecular formula is C25H19N5O2S. The van der Waals surface area contributed by atoms with E-state index in [1.54, 1.807) is 12.1 Å². The van der Waals surface area contributed by atoms with Gasteiger partial charge in [0.05, 0.1) is 5.39 Å². The number of anilines is 3. The molecular weight excluding hydrogens is 434 g/mol. The largest absolute Gasteiger partial charge is 0.457 e. The van der Waals surface area contributed by atoms with Gasteiger partial charge in [-0.15, -0.1) is 11.3 Å². The SMILES string of the molecule is Nc1ncnc2scc(-c3ccc(NC(=O)Nc4cccc(Oc5ccccc5)c4)cc3)c12. The van der Waals surface area contributed by atoms with E-state index in [2.05, 4.69) is 20.6 Å². The van der Waals surface area contributed by atoms with Crippen LogP contribution in [0.5, 0.6) is 11.5 Å². The van der Waals surface area contributed by atoms with Gasteiger partial charge in [0.1, 0.15) is 28.5 Å². The van der Waals surface area contributed by atoms with Crippen LogP contribution in [0, 0.1) is 0 Å². The van der Waals surface area contributed by atoms with Gasteiger partial charge in [-0.3, -0.25) is 0 Å². The van der Waals surface area contributed by atoms with Gasteiger partial charge < -0.3 is 21.1 Å². The predicted octanol–water partition coefficient (Wildman–Crippen LogP) is 6.38. The Morgan fingerprint density at radius 2 is 1.61 bits per heavy atom. The van der Waals surface area contributed by atoms with Gasteiger partial charge in [0.15, 0.2) is 0 Å². The first kappa shape index (κ1) is 20.5. The molecule has 33 heavy (non-hydrogen) atoms. The standard InChI is InChI=1S/C25H19N5O2S/c26-23-22-21(14-33-24(22)28-15-27-23)16-9-11-17(12-10-16)29-25(31)30-18-5-4-8-20(13-18)32-19-6-2-1-3-7-19/h1-15H,(H2,26,27,28)(H2,29,30,31). The van der Waals surface area contributed by atoms with Gasteiger partial charge >= 0.3 is 6.03 Å². The van der Waals surface area contributed by atoms with Gasteiger partial charge in [-0.05, 0) is 42.0 Å². The molecule has 7 nitrogen and oxygen atoms in total. The Balaban J connectivity index is 1.26. The normalized spacial score (nSPS) is 10.7. The zero-order valence-electron chi connectivity index (χ0n) is 17.4. The molecule has 2 aromatic heterocycles. The summed E-state index contributed by atoms with van der Waals surface area (Å²) in [6.07, 6.45) is 1.47. The fourth-order valence-corrected chi connectivity index (χ4v) is 4.32. The minimum atomic E-state index is -0.349. The van der Waals surface area contributed by atoms with Crippen molar-refractivity contribution in [2.24, 2.45) is 0 Å². The topological polar surface area (TPSA) is 102 Å². The first-order chi connectivity index (χ1) is 16.2. The number of ether oxygens (including phenoxy) is 1. The highest BCUT2D eigenvalue weighted by Gasteiger charge is 2.11. The van der Waals surface area contributed by atoms with Gasteiger partial charge in [0.25, 0.3) is 0 Å². The van der Waals surface area contributed by atoms with Crippen LogP contribution in [0.2, 0.25) is 0 Å². The van der Waals surface area contributed by atoms with E-state index < -0.39 is 0 Å². The van der Waals surface area contributed by atoms with Crippen LogP contribution in [0.25, 0.3) is 21.3 Å². The Hall–Kier alpha value is -4.43. The Morgan fingerprint density at radius 1 is 0.848 bits per heavy atom. The van der Waals surface area contributed by atoms with E-state index in [0.29, 0.717) is 22.9 Å². The van der Waals surface area contributed by atoms with Gasteiger partial charge in [-0.2, -0.15) is 0 Å². The fourth-order valence-electron chi connectivity index (χ4n) is 3.40. The maximum Gasteiger partial charge on any atom is 0.323 e. The number of fused-ring (bicyclic) bond motifs is 1. The summed E-state index contributed by atoms with van der Waals surface area (Å²) in [7, 11) is 0. The monoisotopic (exact) mass is 453 g/mol. The number of aromatic nitrogens is 2. The van der Waals surface area contributed by atoms with E-state index in [-0.39, 0.29) is 6.03 Å². The molecule has 162 valence electrons. The molecule has 4 N–H and O–H groups in total. The third-order valence-corrected chi connectivity index (χ3v) is 5.81. The second-order valence-corrected chi connectivity index (χ2v) is 8.05. The first-order valence-corrected chi connectivity index (χ1v) is 11.0. The van der Waals surface area contributed by atoms with Crippen molar-refractivity contribution in [3.8, 4) is 22.6 Å². The minimum absolute atomic E-state index is 0.349. The molecule has 0 fully saturated rings. The number of urea groups is 1. The second kappa shape index (κ2) is 8.97. The average molecular weight is 454 g/mol.